The van der Waals surface area contributed by atoms with Crippen LogP contribution in [0, 0.1) is 10.1 Å². The number of non-ortho nitro benzene ring substituents is 1. The highest BCUT2D eigenvalue weighted by atomic mass is 79.9. The van der Waals surface area contributed by atoms with Crippen LogP contribution in [0.15, 0.2) is 57.8 Å². The SMILES string of the molecule is O=C(Nc1cc([N+](=O)[O-])ccc1Br)c1nn(-c2ccccc2)c(=O)[nH]1. The number of para-hydroxylation sites is 1. The van der Waals surface area contributed by atoms with E-state index in [0.29, 0.717) is 10.2 Å². The Morgan fingerprint density at radius 1 is 1.24 bits per heavy atom. The van der Waals surface area contributed by atoms with Gasteiger partial charge in [0.25, 0.3) is 11.6 Å². The Bertz CT molecular complexity index is 1010. The average Bonchev–Trinajstić information content (AvgIpc) is 2.99. The number of nitrogens with one attached hydrogen (secondary N) is 2. The van der Waals surface area contributed by atoms with Crippen LogP contribution < -0.4 is 11.0 Å². The van der Waals surface area contributed by atoms with Crippen molar-refractivity contribution in [3.05, 3.63) is 79.4 Å². The van der Waals surface area contributed by atoms with Crippen molar-refractivity contribution in [1.82, 2.24) is 14.8 Å². The maximum Gasteiger partial charge on any atom is 0.348 e. The van der Waals surface area contributed by atoms with Gasteiger partial charge in [-0.1, -0.05) is 18.2 Å². The molecule has 3 aromatic rings. The number of hydrogen-bond donors (Lipinski definition) is 2. The van der Waals surface area contributed by atoms with Crippen molar-refractivity contribution in [1.29, 1.82) is 0 Å². The van der Waals surface area contributed by atoms with Crippen LogP contribution in [0.2, 0.25) is 0 Å². The minimum Gasteiger partial charge on any atom is -0.318 e. The number of anilines is 1. The van der Waals surface area contributed by atoms with Gasteiger partial charge < -0.3 is 5.32 Å². The summed E-state index contributed by atoms with van der Waals surface area (Å²) in [6.45, 7) is 0. The highest BCUT2D eigenvalue weighted by molar-refractivity contribution is 9.10. The van der Waals surface area contributed by atoms with Gasteiger partial charge in [-0.2, -0.15) is 4.68 Å². The minimum absolute atomic E-state index is 0.179. The number of amides is 1. The molecule has 3 rings (SSSR count). The van der Waals surface area contributed by atoms with E-state index in [2.05, 4.69) is 31.3 Å². The Labute approximate surface area is 148 Å². The summed E-state index contributed by atoms with van der Waals surface area (Å²) < 4.78 is 1.51. The van der Waals surface area contributed by atoms with E-state index in [1.54, 1.807) is 30.3 Å². The number of nitro benzene ring substituents is 1. The van der Waals surface area contributed by atoms with E-state index < -0.39 is 16.5 Å². The molecule has 0 saturated heterocycles. The van der Waals surface area contributed by atoms with Gasteiger partial charge in [-0.15, -0.1) is 5.10 Å². The molecular formula is C15H10BrN5O4. The van der Waals surface area contributed by atoms with Crippen LogP contribution in [0.3, 0.4) is 0 Å². The molecule has 0 atom stereocenters. The molecule has 0 spiro atoms. The fourth-order valence-corrected chi connectivity index (χ4v) is 2.42. The van der Waals surface area contributed by atoms with Gasteiger partial charge >= 0.3 is 5.69 Å². The Hall–Kier alpha value is -3.27. The number of aromatic nitrogens is 3. The number of halogens is 1. The summed E-state index contributed by atoms with van der Waals surface area (Å²) in [5, 5.41) is 17.3. The molecule has 1 aromatic heterocycles. The van der Waals surface area contributed by atoms with Gasteiger partial charge in [-0.25, -0.2) is 4.79 Å². The highest BCUT2D eigenvalue weighted by Gasteiger charge is 2.17. The average molecular weight is 404 g/mol. The van der Waals surface area contributed by atoms with Crippen molar-refractivity contribution in [2.75, 3.05) is 5.32 Å². The molecule has 0 radical (unpaired) electrons. The predicted octanol–water partition coefficient (Wildman–Crippen LogP) is 2.48. The number of benzene rings is 2. The summed E-state index contributed by atoms with van der Waals surface area (Å²) in [6.07, 6.45) is 0. The van der Waals surface area contributed by atoms with Crippen LogP contribution in [0.5, 0.6) is 0 Å². The molecule has 0 aliphatic carbocycles. The Balaban J connectivity index is 1.89. The number of aromatic amines is 1. The van der Waals surface area contributed by atoms with Crippen LogP contribution >= 0.6 is 15.9 Å². The van der Waals surface area contributed by atoms with Crippen molar-refractivity contribution in [3.63, 3.8) is 0 Å². The van der Waals surface area contributed by atoms with E-state index in [1.807, 2.05) is 0 Å². The van der Waals surface area contributed by atoms with E-state index >= 15 is 0 Å². The number of hydrogen-bond acceptors (Lipinski definition) is 5. The standard InChI is InChI=1S/C15H10BrN5O4/c16-11-7-6-10(21(24)25)8-12(11)17-14(22)13-18-15(23)20(19-13)9-4-2-1-3-5-9/h1-8H,(H,17,22)(H,18,19,23). The third-order valence-corrected chi connectivity index (χ3v) is 3.93. The number of carbonyl (C=O) groups excluding carboxylic acids is 1. The van der Waals surface area contributed by atoms with Gasteiger partial charge in [-0.3, -0.25) is 19.9 Å². The Morgan fingerprint density at radius 2 is 1.96 bits per heavy atom. The van der Waals surface area contributed by atoms with E-state index in [1.165, 1.54) is 18.2 Å². The molecule has 126 valence electrons. The lowest BCUT2D eigenvalue weighted by Crippen LogP contribution is -2.16. The number of H-pyrrole nitrogens is 1. The molecule has 10 heteroatoms. The highest BCUT2D eigenvalue weighted by Crippen LogP contribution is 2.27. The summed E-state index contributed by atoms with van der Waals surface area (Å²) in [7, 11) is 0. The van der Waals surface area contributed by atoms with Gasteiger partial charge in [0.1, 0.15) is 0 Å². The van der Waals surface area contributed by atoms with Crippen LogP contribution in [-0.4, -0.2) is 25.6 Å². The first-order valence-corrected chi connectivity index (χ1v) is 7.75. The van der Waals surface area contributed by atoms with E-state index in [-0.39, 0.29) is 17.2 Å². The van der Waals surface area contributed by atoms with Crippen LogP contribution in [0.25, 0.3) is 5.69 Å². The lowest BCUT2D eigenvalue weighted by atomic mass is 10.3. The number of nitro groups is 1. The molecule has 1 amide bonds. The van der Waals surface area contributed by atoms with Crippen LogP contribution in [-0.2, 0) is 0 Å². The monoisotopic (exact) mass is 403 g/mol. The van der Waals surface area contributed by atoms with E-state index in [9.17, 15) is 19.7 Å². The minimum atomic E-state index is -0.701. The molecular weight excluding hydrogens is 394 g/mol. The topological polar surface area (TPSA) is 123 Å². The lowest BCUT2D eigenvalue weighted by molar-refractivity contribution is -0.384. The first kappa shape index (κ1) is 16.6. The molecule has 0 unspecified atom stereocenters. The third-order valence-electron chi connectivity index (χ3n) is 3.24. The molecule has 1 heterocycles. The van der Waals surface area contributed by atoms with Gasteiger partial charge in [0.05, 0.1) is 16.3 Å². The second kappa shape index (κ2) is 6.69. The number of nitrogens with zero attached hydrogens (tertiary/aromatic N) is 3. The summed E-state index contributed by atoms with van der Waals surface area (Å²) in [5.41, 5.74) is -0.0649. The maximum absolute atomic E-state index is 12.3. The summed E-state index contributed by atoms with van der Waals surface area (Å²) in [6, 6.07) is 12.5. The second-order valence-electron chi connectivity index (χ2n) is 4.90. The van der Waals surface area contributed by atoms with Gasteiger partial charge in [0.2, 0.25) is 5.82 Å². The lowest BCUT2D eigenvalue weighted by Gasteiger charge is -2.05. The summed E-state index contributed by atoms with van der Waals surface area (Å²) >= 11 is 3.20. The number of carbonyl (C=O) groups is 1. The molecule has 0 aliphatic rings. The second-order valence-corrected chi connectivity index (χ2v) is 5.76. The van der Waals surface area contributed by atoms with Crippen molar-refractivity contribution in [2.45, 2.75) is 0 Å². The first-order chi connectivity index (χ1) is 12.0. The Kier molecular flexibility index (Phi) is 4.44. The zero-order valence-corrected chi connectivity index (χ0v) is 14.1. The zero-order valence-electron chi connectivity index (χ0n) is 12.5. The maximum atomic E-state index is 12.3. The van der Waals surface area contributed by atoms with Gasteiger partial charge in [0, 0.05) is 16.6 Å². The summed E-state index contributed by atoms with van der Waals surface area (Å²) in [4.78, 5) is 36.9. The zero-order chi connectivity index (χ0) is 18.0. The van der Waals surface area contributed by atoms with Crippen molar-refractivity contribution in [3.8, 4) is 5.69 Å². The smallest absolute Gasteiger partial charge is 0.318 e. The van der Waals surface area contributed by atoms with Gasteiger partial charge in [-0.05, 0) is 34.1 Å². The van der Waals surface area contributed by atoms with Crippen molar-refractivity contribution < 1.29 is 9.72 Å². The van der Waals surface area contributed by atoms with Crippen molar-refractivity contribution in [2.24, 2.45) is 0 Å². The third kappa shape index (κ3) is 3.48. The largest absolute Gasteiger partial charge is 0.348 e. The predicted molar refractivity (Wildman–Crippen MR) is 92.9 cm³/mol. The van der Waals surface area contributed by atoms with E-state index in [0.717, 1.165) is 4.68 Å². The van der Waals surface area contributed by atoms with Gasteiger partial charge in [0.15, 0.2) is 0 Å². The molecule has 2 N–H and O–H groups in total. The number of rotatable bonds is 4. The first-order valence-electron chi connectivity index (χ1n) is 6.96. The normalized spacial score (nSPS) is 10.4. The molecule has 25 heavy (non-hydrogen) atoms. The summed E-state index contributed by atoms with van der Waals surface area (Å²) in [5.74, 6) is -0.916. The van der Waals surface area contributed by atoms with Crippen LogP contribution in [0.4, 0.5) is 11.4 Å². The molecule has 0 saturated carbocycles. The molecule has 0 fully saturated rings. The molecule has 0 aliphatic heterocycles. The molecule has 9 nitrogen and oxygen atoms in total. The molecule has 0 bridgehead atoms. The quantitative estimate of drug-likeness (QED) is 0.511. The fraction of sp³-hybridized carbons (Fsp3) is 0. The van der Waals surface area contributed by atoms with Crippen LogP contribution in [0.1, 0.15) is 10.6 Å². The van der Waals surface area contributed by atoms with Crippen molar-refractivity contribution >= 4 is 33.2 Å². The fourth-order valence-electron chi connectivity index (χ4n) is 2.08. The molecule has 2 aromatic carbocycles. The Morgan fingerprint density at radius 3 is 2.64 bits per heavy atom. The van der Waals surface area contributed by atoms with E-state index in [4.69, 9.17) is 0 Å².